The monoisotopic (exact) mass is 548 g/mol. The van der Waals surface area contributed by atoms with Gasteiger partial charge in [0.15, 0.2) is 6.61 Å². The molecule has 8 nitrogen and oxygen atoms in total. The van der Waals surface area contributed by atoms with Gasteiger partial charge in [-0.05, 0) is 73.5 Å². The molecular weight excluding hydrogens is 500 g/mol. The summed E-state index contributed by atoms with van der Waals surface area (Å²) in [6.45, 7) is 1.60. The van der Waals surface area contributed by atoms with Gasteiger partial charge in [-0.15, -0.1) is 0 Å². The maximum absolute atomic E-state index is 12.5. The molecule has 220 valence electrons. The number of aliphatic hydroxyl groups is 2. The van der Waals surface area contributed by atoms with Crippen molar-refractivity contribution in [1.82, 2.24) is 0 Å². The third-order valence-electron chi connectivity index (χ3n) is 8.38. The van der Waals surface area contributed by atoms with E-state index in [-0.39, 0.29) is 50.5 Å². The molecule has 3 rings (SSSR count). The van der Waals surface area contributed by atoms with Crippen LogP contribution in [0.25, 0.3) is 0 Å². The predicted molar refractivity (Wildman–Crippen MR) is 148 cm³/mol. The molecule has 0 radical (unpaired) electrons. The van der Waals surface area contributed by atoms with E-state index in [1.807, 2.05) is 12.1 Å². The molecule has 3 N–H and O–H groups in total. The smallest absolute Gasteiger partial charge is 0.341 e. The number of carbonyl (C=O) groups excluding carboxylic acids is 1. The Kier molecular flexibility index (Phi) is 13.5. The Morgan fingerprint density at radius 1 is 1.03 bits per heavy atom. The second kappa shape index (κ2) is 16.8. The molecule has 1 aromatic carbocycles. The minimum atomic E-state index is -1.01. The average Bonchev–Trinajstić information content (AvgIpc) is 3.24. The zero-order chi connectivity index (χ0) is 28.0. The van der Waals surface area contributed by atoms with Gasteiger partial charge >= 0.3 is 11.9 Å². The Balaban J connectivity index is 1.60. The number of esters is 1. The predicted octanol–water partition coefficient (Wildman–Crippen LogP) is 4.70. The van der Waals surface area contributed by atoms with Gasteiger partial charge < -0.3 is 29.5 Å². The molecule has 0 amide bonds. The van der Waals surface area contributed by atoms with Crippen molar-refractivity contribution in [3.8, 4) is 5.75 Å². The third-order valence-corrected chi connectivity index (χ3v) is 8.38. The summed E-state index contributed by atoms with van der Waals surface area (Å²) in [4.78, 5) is 23.6. The fourth-order valence-electron chi connectivity index (χ4n) is 6.48. The van der Waals surface area contributed by atoms with E-state index < -0.39 is 11.9 Å². The number of aliphatic carboxylic acids is 1. The first-order chi connectivity index (χ1) is 18.9. The summed E-state index contributed by atoms with van der Waals surface area (Å²) >= 11 is 0. The van der Waals surface area contributed by atoms with Crippen molar-refractivity contribution in [3.63, 3.8) is 0 Å². The first kappa shape index (κ1) is 31.4. The molecule has 1 aromatic rings. The lowest BCUT2D eigenvalue weighted by Crippen LogP contribution is -2.30. The first-order valence-corrected chi connectivity index (χ1v) is 14.9. The number of aliphatic hydroxyl groups excluding tert-OH is 2. The van der Waals surface area contributed by atoms with Crippen molar-refractivity contribution >= 4 is 11.9 Å². The quantitative estimate of drug-likeness (QED) is 0.168. The van der Waals surface area contributed by atoms with Gasteiger partial charge in [-0.25, -0.2) is 9.59 Å². The fraction of sp³-hybridized carbons (Fsp3) is 0.742. The van der Waals surface area contributed by atoms with Crippen LogP contribution in [-0.2, 0) is 31.9 Å². The molecule has 0 saturated heterocycles. The van der Waals surface area contributed by atoms with Gasteiger partial charge in [0, 0.05) is 0 Å². The summed E-state index contributed by atoms with van der Waals surface area (Å²) in [5, 5.41) is 28.7. The largest absolute Gasteiger partial charge is 0.482 e. The first-order valence-electron chi connectivity index (χ1n) is 14.9. The number of hydrogen-bond donors (Lipinski definition) is 3. The van der Waals surface area contributed by atoms with Crippen LogP contribution in [0.15, 0.2) is 18.2 Å². The number of rotatable bonds is 19. The van der Waals surface area contributed by atoms with Crippen LogP contribution in [-0.4, -0.2) is 65.9 Å². The summed E-state index contributed by atoms with van der Waals surface area (Å²) in [7, 11) is 0. The van der Waals surface area contributed by atoms with E-state index in [1.165, 1.54) is 32.1 Å². The van der Waals surface area contributed by atoms with Gasteiger partial charge in [-0.1, -0.05) is 64.0 Å². The fourth-order valence-corrected chi connectivity index (χ4v) is 6.48. The minimum Gasteiger partial charge on any atom is -0.482 e. The molecule has 1 saturated carbocycles. The van der Waals surface area contributed by atoms with E-state index in [0.717, 1.165) is 56.1 Å². The zero-order valence-electron chi connectivity index (χ0n) is 23.5. The summed E-state index contributed by atoms with van der Waals surface area (Å²) in [5.41, 5.74) is 2.21. The normalized spacial score (nSPS) is 22.6. The van der Waals surface area contributed by atoms with Gasteiger partial charge in [0.2, 0.25) is 0 Å². The van der Waals surface area contributed by atoms with Crippen LogP contribution >= 0.6 is 0 Å². The molecule has 2 aliphatic rings. The Hall–Kier alpha value is -2.16. The maximum Gasteiger partial charge on any atom is 0.341 e. The second-order valence-electron chi connectivity index (χ2n) is 11.3. The molecule has 0 unspecified atom stereocenters. The molecule has 0 spiro atoms. The van der Waals surface area contributed by atoms with Crippen LogP contribution in [0.1, 0.15) is 88.7 Å². The molecule has 8 heteroatoms. The second-order valence-corrected chi connectivity index (χ2v) is 11.3. The van der Waals surface area contributed by atoms with Crippen LogP contribution in [0.3, 0.4) is 0 Å². The van der Waals surface area contributed by atoms with Crippen LogP contribution in [0.4, 0.5) is 0 Å². The molecule has 5 atom stereocenters. The number of unbranched alkanes of at least 4 members (excludes halogenated alkanes) is 6. The van der Waals surface area contributed by atoms with Crippen LogP contribution in [0.5, 0.6) is 5.75 Å². The van der Waals surface area contributed by atoms with Crippen molar-refractivity contribution in [2.75, 3.05) is 26.4 Å². The standard InChI is InChI=1S/C31H48O8/c1-2-3-4-5-6-7-8-11-24(33)13-14-25-26-17-22-10-9-12-28(38-20-30(34)35)27(22)18-23(26)19-29(25)39-31(36)21-37-16-15-32/h9-10,12,23-26,29,32-33H,2-8,11,13-21H2,1H3,(H,34,35)/t23-,24-,25+,26-,29+/m0/s1. The topological polar surface area (TPSA) is 123 Å². The molecule has 0 bridgehead atoms. The highest BCUT2D eigenvalue weighted by atomic mass is 16.6. The molecule has 0 aromatic heterocycles. The maximum atomic E-state index is 12.5. The van der Waals surface area contributed by atoms with Gasteiger partial charge in [-0.3, -0.25) is 0 Å². The molecule has 1 fully saturated rings. The number of carboxylic acids is 1. The van der Waals surface area contributed by atoms with Crippen LogP contribution in [0, 0.1) is 17.8 Å². The van der Waals surface area contributed by atoms with Crippen molar-refractivity contribution < 1.29 is 39.1 Å². The lowest BCUT2D eigenvalue weighted by molar-refractivity contribution is -0.157. The summed E-state index contributed by atoms with van der Waals surface area (Å²) in [6, 6.07) is 5.81. The third kappa shape index (κ3) is 10.1. The number of ether oxygens (including phenoxy) is 3. The van der Waals surface area contributed by atoms with Crippen molar-refractivity contribution in [2.24, 2.45) is 17.8 Å². The number of fused-ring (bicyclic) bond motifs is 2. The van der Waals surface area contributed by atoms with Crippen molar-refractivity contribution in [3.05, 3.63) is 29.3 Å². The Morgan fingerprint density at radius 2 is 1.79 bits per heavy atom. The van der Waals surface area contributed by atoms with Gasteiger partial charge in [-0.2, -0.15) is 0 Å². The Bertz CT molecular complexity index is 887. The SMILES string of the molecule is CCCCCCCCC[C@H](O)CC[C@@H]1[C@H]2Cc3cccc(OCC(=O)O)c3C[C@H]2C[C@H]1OC(=O)COCCO. The van der Waals surface area contributed by atoms with E-state index in [4.69, 9.17) is 24.4 Å². The molecule has 0 aliphatic heterocycles. The number of hydrogen-bond acceptors (Lipinski definition) is 7. The lowest BCUT2D eigenvalue weighted by atomic mass is 9.73. The van der Waals surface area contributed by atoms with E-state index in [9.17, 15) is 14.7 Å². The van der Waals surface area contributed by atoms with Crippen molar-refractivity contribution in [1.29, 1.82) is 0 Å². The highest BCUT2D eigenvalue weighted by molar-refractivity contribution is 5.71. The van der Waals surface area contributed by atoms with Gasteiger partial charge in [0.1, 0.15) is 18.5 Å². The van der Waals surface area contributed by atoms with Crippen LogP contribution in [0.2, 0.25) is 0 Å². The minimum absolute atomic E-state index is 0.0909. The highest BCUT2D eigenvalue weighted by Crippen LogP contribution is 2.49. The van der Waals surface area contributed by atoms with Crippen LogP contribution < -0.4 is 4.74 Å². The number of carbonyl (C=O) groups is 2. The number of carboxylic acid groups (broad SMARTS) is 1. The Morgan fingerprint density at radius 3 is 2.54 bits per heavy atom. The lowest BCUT2D eigenvalue weighted by Gasteiger charge is -2.32. The molecule has 2 aliphatic carbocycles. The summed E-state index contributed by atoms with van der Waals surface area (Å²) in [6.07, 6.45) is 12.5. The number of benzene rings is 1. The Labute approximate surface area is 233 Å². The van der Waals surface area contributed by atoms with Gasteiger partial charge in [0.05, 0.1) is 19.3 Å². The highest BCUT2D eigenvalue weighted by Gasteiger charge is 2.47. The summed E-state index contributed by atoms with van der Waals surface area (Å²) in [5.74, 6) is -0.0795. The van der Waals surface area contributed by atoms with E-state index in [2.05, 4.69) is 13.0 Å². The van der Waals surface area contributed by atoms with E-state index >= 15 is 0 Å². The molecule has 39 heavy (non-hydrogen) atoms. The zero-order valence-corrected chi connectivity index (χ0v) is 23.5. The van der Waals surface area contributed by atoms with E-state index in [1.54, 1.807) is 0 Å². The van der Waals surface area contributed by atoms with E-state index in [0.29, 0.717) is 18.1 Å². The van der Waals surface area contributed by atoms with Crippen molar-refractivity contribution in [2.45, 2.75) is 103 Å². The molecule has 0 heterocycles. The van der Waals surface area contributed by atoms with Gasteiger partial charge in [0.25, 0.3) is 0 Å². The molecular formula is C31H48O8. The summed E-state index contributed by atoms with van der Waals surface area (Å²) < 4.78 is 16.7. The average molecular weight is 549 g/mol.